The van der Waals surface area contributed by atoms with Gasteiger partial charge in [-0.15, -0.1) is 0 Å². The number of hydrogen-bond acceptors (Lipinski definition) is 4. The van der Waals surface area contributed by atoms with Crippen molar-refractivity contribution in [3.05, 3.63) is 23.8 Å². The molecule has 1 aromatic carbocycles. The number of anilines is 1. The van der Waals surface area contributed by atoms with E-state index in [1.165, 1.54) is 19.3 Å². The van der Waals surface area contributed by atoms with Gasteiger partial charge in [0.2, 0.25) is 0 Å². The van der Waals surface area contributed by atoms with Crippen molar-refractivity contribution in [1.29, 1.82) is 0 Å². The van der Waals surface area contributed by atoms with E-state index < -0.39 is 0 Å². The number of hydrogen-bond donors (Lipinski definition) is 2. The van der Waals surface area contributed by atoms with Gasteiger partial charge in [0, 0.05) is 30.4 Å². The van der Waals surface area contributed by atoms with Gasteiger partial charge in [0.15, 0.2) is 0 Å². The molecule has 18 heavy (non-hydrogen) atoms. The van der Waals surface area contributed by atoms with Gasteiger partial charge in [-0.3, -0.25) is 4.90 Å². The first kappa shape index (κ1) is 11.8. The monoisotopic (exact) mass is 248 g/mol. The Morgan fingerprint density at radius 2 is 2.28 bits per heavy atom. The molecule has 3 N–H and O–H groups in total. The SMILES string of the molecule is Nc1ccc(O)c(CN2CCOC3CCCC32)c1. The fourth-order valence-electron chi connectivity index (χ4n) is 3.15. The van der Waals surface area contributed by atoms with Gasteiger partial charge < -0.3 is 15.6 Å². The van der Waals surface area contributed by atoms with Crippen LogP contribution in [0.5, 0.6) is 5.75 Å². The summed E-state index contributed by atoms with van der Waals surface area (Å²) in [6.45, 7) is 2.50. The minimum absolute atomic E-state index is 0.338. The lowest BCUT2D eigenvalue weighted by Gasteiger charge is -2.37. The largest absolute Gasteiger partial charge is 0.508 e. The first-order valence-electron chi connectivity index (χ1n) is 6.67. The number of nitrogens with two attached hydrogens (primary N) is 1. The molecule has 1 saturated carbocycles. The molecule has 2 atom stereocenters. The zero-order chi connectivity index (χ0) is 12.5. The van der Waals surface area contributed by atoms with Crippen LogP contribution in [0.3, 0.4) is 0 Å². The standard InChI is InChI=1S/C14H20N2O2/c15-11-4-5-13(17)10(8-11)9-16-6-7-18-14-3-1-2-12(14)16/h4-5,8,12,14,17H,1-3,6-7,9,15H2. The van der Waals surface area contributed by atoms with Crippen LogP contribution in [-0.2, 0) is 11.3 Å². The second kappa shape index (κ2) is 4.78. The fraction of sp³-hybridized carbons (Fsp3) is 0.571. The number of morpholine rings is 1. The summed E-state index contributed by atoms with van der Waals surface area (Å²) >= 11 is 0. The summed E-state index contributed by atoms with van der Waals surface area (Å²) in [4.78, 5) is 2.43. The highest BCUT2D eigenvalue weighted by molar-refractivity contribution is 5.47. The number of nitrogens with zero attached hydrogens (tertiary/aromatic N) is 1. The molecule has 98 valence electrons. The molecule has 1 saturated heterocycles. The van der Waals surface area contributed by atoms with E-state index in [4.69, 9.17) is 10.5 Å². The maximum absolute atomic E-state index is 9.89. The molecule has 0 aromatic heterocycles. The zero-order valence-corrected chi connectivity index (χ0v) is 10.5. The third-order valence-corrected chi connectivity index (χ3v) is 4.07. The molecule has 3 rings (SSSR count). The number of nitrogen functional groups attached to an aromatic ring is 1. The quantitative estimate of drug-likeness (QED) is 0.618. The predicted octanol–water partition coefficient (Wildman–Crippen LogP) is 1.73. The topological polar surface area (TPSA) is 58.7 Å². The molecule has 2 aliphatic rings. The van der Waals surface area contributed by atoms with Crippen LogP contribution in [0.4, 0.5) is 5.69 Å². The lowest BCUT2D eigenvalue weighted by molar-refractivity contribution is -0.0589. The Kier molecular flexibility index (Phi) is 3.14. The van der Waals surface area contributed by atoms with E-state index in [-0.39, 0.29) is 0 Å². The number of phenolic OH excluding ortho intramolecular Hbond substituents is 1. The summed E-state index contributed by atoms with van der Waals surface area (Å²) in [7, 11) is 0. The number of phenols is 1. The molecule has 1 heterocycles. The average molecular weight is 248 g/mol. The van der Waals surface area contributed by atoms with E-state index >= 15 is 0 Å². The first-order chi connectivity index (χ1) is 8.74. The molecule has 0 radical (unpaired) electrons. The van der Waals surface area contributed by atoms with E-state index in [0.717, 1.165) is 25.3 Å². The van der Waals surface area contributed by atoms with E-state index in [1.54, 1.807) is 12.1 Å². The summed E-state index contributed by atoms with van der Waals surface area (Å²) in [5.41, 5.74) is 7.41. The molecule has 4 heteroatoms. The van der Waals surface area contributed by atoms with Crippen molar-refractivity contribution in [3.63, 3.8) is 0 Å². The fourth-order valence-corrected chi connectivity index (χ4v) is 3.15. The van der Waals surface area contributed by atoms with Gasteiger partial charge in [0.1, 0.15) is 5.75 Å². The minimum Gasteiger partial charge on any atom is -0.508 e. The molecular weight excluding hydrogens is 228 g/mol. The molecule has 1 aliphatic carbocycles. The molecule has 0 spiro atoms. The van der Waals surface area contributed by atoms with Crippen LogP contribution < -0.4 is 5.73 Å². The van der Waals surface area contributed by atoms with Gasteiger partial charge >= 0.3 is 0 Å². The number of rotatable bonds is 2. The molecule has 0 bridgehead atoms. The maximum atomic E-state index is 9.89. The number of aromatic hydroxyl groups is 1. The van der Waals surface area contributed by atoms with Crippen LogP contribution in [0.1, 0.15) is 24.8 Å². The highest BCUT2D eigenvalue weighted by Gasteiger charge is 2.36. The van der Waals surface area contributed by atoms with Crippen LogP contribution in [0, 0.1) is 0 Å². The Labute approximate surface area is 107 Å². The van der Waals surface area contributed by atoms with Gasteiger partial charge in [0.25, 0.3) is 0 Å². The van der Waals surface area contributed by atoms with Gasteiger partial charge in [-0.1, -0.05) is 0 Å². The number of ether oxygens (including phenoxy) is 1. The second-order valence-corrected chi connectivity index (χ2v) is 5.27. The molecule has 0 amide bonds. The Balaban J connectivity index is 1.77. The molecule has 2 unspecified atom stereocenters. The van der Waals surface area contributed by atoms with E-state index in [2.05, 4.69) is 4.90 Å². The van der Waals surface area contributed by atoms with E-state index in [9.17, 15) is 5.11 Å². The van der Waals surface area contributed by atoms with Crippen LogP contribution in [0.15, 0.2) is 18.2 Å². The van der Waals surface area contributed by atoms with Crippen molar-refractivity contribution in [2.24, 2.45) is 0 Å². The lowest BCUT2D eigenvalue weighted by atomic mass is 10.1. The van der Waals surface area contributed by atoms with Crippen LogP contribution in [0.25, 0.3) is 0 Å². The van der Waals surface area contributed by atoms with Gasteiger partial charge in [-0.25, -0.2) is 0 Å². The van der Waals surface area contributed by atoms with Gasteiger partial charge in [-0.05, 0) is 37.5 Å². The smallest absolute Gasteiger partial charge is 0.120 e. The highest BCUT2D eigenvalue weighted by Crippen LogP contribution is 2.32. The van der Waals surface area contributed by atoms with Crippen molar-refractivity contribution < 1.29 is 9.84 Å². The Morgan fingerprint density at radius 3 is 3.17 bits per heavy atom. The summed E-state index contributed by atoms with van der Waals surface area (Å²) in [5.74, 6) is 0.338. The van der Waals surface area contributed by atoms with Crippen molar-refractivity contribution in [2.45, 2.75) is 38.0 Å². The maximum Gasteiger partial charge on any atom is 0.120 e. The van der Waals surface area contributed by atoms with Crippen molar-refractivity contribution >= 4 is 5.69 Å². The summed E-state index contributed by atoms with van der Waals surface area (Å²) in [6.07, 6.45) is 4.01. The van der Waals surface area contributed by atoms with Crippen LogP contribution in [-0.4, -0.2) is 35.3 Å². The number of benzene rings is 1. The van der Waals surface area contributed by atoms with Crippen molar-refractivity contribution in [2.75, 3.05) is 18.9 Å². The molecule has 2 fully saturated rings. The highest BCUT2D eigenvalue weighted by atomic mass is 16.5. The zero-order valence-electron chi connectivity index (χ0n) is 10.5. The summed E-state index contributed by atoms with van der Waals surface area (Å²) < 4.78 is 5.79. The Morgan fingerprint density at radius 1 is 1.39 bits per heavy atom. The normalized spacial score (nSPS) is 28.2. The van der Waals surface area contributed by atoms with Crippen molar-refractivity contribution in [3.8, 4) is 5.75 Å². The third-order valence-electron chi connectivity index (χ3n) is 4.07. The lowest BCUT2D eigenvalue weighted by Crippen LogP contribution is -2.47. The molecule has 1 aliphatic heterocycles. The summed E-state index contributed by atoms with van der Waals surface area (Å²) in [6, 6.07) is 5.79. The second-order valence-electron chi connectivity index (χ2n) is 5.27. The van der Waals surface area contributed by atoms with Gasteiger partial charge in [-0.2, -0.15) is 0 Å². The predicted molar refractivity (Wildman–Crippen MR) is 70.3 cm³/mol. The van der Waals surface area contributed by atoms with Crippen molar-refractivity contribution in [1.82, 2.24) is 4.90 Å². The van der Waals surface area contributed by atoms with Crippen LogP contribution in [0.2, 0.25) is 0 Å². The Bertz CT molecular complexity index is 436. The number of fused-ring (bicyclic) bond motifs is 1. The third kappa shape index (κ3) is 2.18. The van der Waals surface area contributed by atoms with E-state index in [0.29, 0.717) is 23.6 Å². The molecular formula is C14H20N2O2. The van der Waals surface area contributed by atoms with Gasteiger partial charge in [0.05, 0.1) is 12.7 Å². The molecule has 1 aromatic rings. The first-order valence-corrected chi connectivity index (χ1v) is 6.67. The average Bonchev–Trinajstić information content (AvgIpc) is 2.83. The van der Waals surface area contributed by atoms with E-state index in [1.807, 2.05) is 6.07 Å². The minimum atomic E-state index is 0.338. The Hall–Kier alpha value is -1.26. The van der Waals surface area contributed by atoms with Crippen LogP contribution >= 0.6 is 0 Å². The molecule has 4 nitrogen and oxygen atoms in total. The summed E-state index contributed by atoms with van der Waals surface area (Å²) in [5, 5.41) is 9.89.